The molecule has 0 atom stereocenters. The summed E-state index contributed by atoms with van der Waals surface area (Å²) in [6.07, 6.45) is -4.65. The van der Waals surface area contributed by atoms with Crippen molar-refractivity contribution in [3.05, 3.63) is 87.4 Å². The molecule has 12 heteroatoms. The quantitative estimate of drug-likeness (QED) is 0.235. The molecule has 0 aromatic heterocycles. The first-order chi connectivity index (χ1) is 15.1. The van der Waals surface area contributed by atoms with Gasteiger partial charge in [-0.25, -0.2) is 4.79 Å². The van der Waals surface area contributed by atoms with Crippen LogP contribution >= 0.6 is 11.6 Å². The standard InChI is InChI=1S/C20H13ClF3N5O3/c21-18-9-8-14(11-17(18)20(22,23)24)26-19(30)25-12-4-6-13(7-5-12)27-28-15-2-1-3-16(10-15)29(31)32/h1-11H,(H2,25,26,30)/b28-27+. The monoisotopic (exact) mass is 463 g/mol. The van der Waals surface area contributed by atoms with Gasteiger partial charge in [0, 0.05) is 23.5 Å². The summed E-state index contributed by atoms with van der Waals surface area (Å²) in [5.74, 6) is 0. The highest BCUT2D eigenvalue weighted by molar-refractivity contribution is 6.31. The molecule has 2 amide bonds. The van der Waals surface area contributed by atoms with Gasteiger partial charge in [-0.15, -0.1) is 0 Å². The van der Waals surface area contributed by atoms with Gasteiger partial charge in [0.25, 0.3) is 5.69 Å². The largest absolute Gasteiger partial charge is 0.417 e. The smallest absolute Gasteiger partial charge is 0.308 e. The van der Waals surface area contributed by atoms with Gasteiger partial charge in [0.2, 0.25) is 0 Å². The molecule has 0 spiro atoms. The lowest BCUT2D eigenvalue weighted by molar-refractivity contribution is -0.384. The van der Waals surface area contributed by atoms with E-state index in [1.165, 1.54) is 48.5 Å². The molecule has 0 aliphatic rings. The van der Waals surface area contributed by atoms with Crippen molar-refractivity contribution in [2.45, 2.75) is 6.18 Å². The Morgan fingerprint density at radius 3 is 2.19 bits per heavy atom. The molecule has 2 N–H and O–H groups in total. The van der Waals surface area contributed by atoms with E-state index in [1.54, 1.807) is 6.07 Å². The highest BCUT2D eigenvalue weighted by Crippen LogP contribution is 2.36. The molecule has 0 aliphatic heterocycles. The number of carbonyl (C=O) groups is 1. The van der Waals surface area contributed by atoms with Gasteiger partial charge in [-0.3, -0.25) is 10.1 Å². The molecule has 32 heavy (non-hydrogen) atoms. The molecule has 3 rings (SSSR count). The fourth-order valence-corrected chi connectivity index (χ4v) is 2.73. The molecule has 164 valence electrons. The lowest BCUT2D eigenvalue weighted by atomic mass is 10.2. The average Bonchev–Trinajstić information content (AvgIpc) is 2.74. The number of carbonyl (C=O) groups excluding carboxylic acids is 1. The van der Waals surface area contributed by atoms with Crippen LogP contribution in [0, 0.1) is 10.1 Å². The lowest BCUT2D eigenvalue weighted by Crippen LogP contribution is -2.19. The van der Waals surface area contributed by atoms with E-state index >= 15 is 0 Å². The summed E-state index contributed by atoms with van der Waals surface area (Å²) in [5.41, 5.74) is -0.203. The van der Waals surface area contributed by atoms with Crippen LogP contribution in [-0.2, 0) is 6.18 Å². The molecule has 3 aromatic rings. The number of nitrogens with zero attached hydrogens (tertiary/aromatic N) is 3. The first kappa shape index (κ1) is 22.7. The van der Waals surface area contributed by atoms with Gasteiger partial charge >= 0.3 is 12.2 Å². The third-order valence-electron chi connectivity index (χ3n) is 3.98. The van der Waals surface area contributed by atoms with Gasteiger partial charge < -0.3 is 10.6 Å². The van der Waals surface area contributed by atoms with Gasteiger partial charge in [0.1, 0.15) is 0 Å². The molecule has 0 aliphatic carbocycles. The van der Waals surface area contributed by atoms with Crippen LogP contribution in [0.3, 0.4) is 0 Å². The molecule has 0 fully saturated rings. The SMILES string of the molecule is O=C(Nc1ccc(/N=N/c2cccc([N+](=O)[O-])c2)cc1)Nc1ccc(Cl)c(C(F)(F)F)c1. The van der Waals surface area contributed by atoms with E-state index in [4.69, 9.17) is 11.6 Å². The van der Waals surface area contributed by atoms with Crippen LogP contribution in [0.1, 0.15) is 5.56 Å². The Kier molecular flexibility index (Phi) is 6.69. The van der Waals surface area contributed by atoms with E-state index < -0.39 is 27.7 Å². The zero-order chi connectivity index (χ0) is 23.3. The summed E-state index contributed by atoms with van der Waals surface area (Å²) >= 11 is 5.55. The zero-order valence-electron chi connectivity index (χ0n) is 15.9. The molecule has 0 radical (unpaired) electrons. The Labute approximate surface area is 183 Å². The third kappa shape index (κ3) is 6.01. The molecular weight excluding hydrogens is 451 g/mol. The van der Waals surface area contributed by atoms with Gasteiger partial charge in [0.05, 0.1) is 26.9 Å². The second-order valence-corrected chi connectivity index (χ2v) is 6.70. The molecule has 0 unspecified atom stereocenters. The first-order valence-electron chi connectivity index (χ1n) is 8.83. The average molecular weight is 464 g/mol. The van der Waals surface area contributed by atoms with E-state index in [0.29, 0.717) is 17.1 Å². The predicted molar refractivity (Wildman–Crippen MR) is 113 cm³/mol. The number of halogens is 4. The molecule has 3 aromatic carbocycles. The van der Waals surface area contributed by atoms with Crippen LogP contribution in [0.2, 0.25) is 5.02 Å². The number of hydrogen-bond acceptors (Lipinski definition) is 5. The van der Waals surface area contributed by atoms with Crippen LogP contribution in [0.4, 0.5) is 46.4 Å². The highest BCUT2D eigenvalue weighted by atomic mass is 35.5. The predicted octanol–water partition coefficient (Wildman–Crippen LogP) is 7.33. The summed E-state index contributed by atoms with van der Waals surface area (Å²) in [6.45, 7) is 0. The van der Waals surface area contributed by atoms with Gasteiger partial charge in [-0.1, -0.05) is 17.7 Å². The topological polar surface area (TPSA) is 109 Å². The van der Waals surface area contributed by atoms with E-state index in [9.17, 15) is 28.1 Å². The molecular formula is C20H13ClF3N5O3. The second kappa shape index (κ2) is 9.43. The molecule has 0 saturated heterocycles. The summed E-state index contributed by atoms with van der Waals surface area (Å²) in [7, 11) is 0. The maximum atomic E-state index is 12.9. The summed E-state index contributed by atoms with van der Waals surface area (Å²) in [5, 5.41) is 23.0. The van der Waals surface area contributed by atoms with Crippen molar-refractivity contribution in [1.82, 2.24) is 0 Å². The molecule has 0 heterocycles. The first-order valence-corrected chi connectivity index (χ1v) is 9.20. The fraction of sp³-hybridized carbons (Fsp3) is 0.0500. The van der Waals surface area contributed by atoms with Gasteiger partial charge in [-0.2, -0.15) is 23.4 Å². The van der Waals surface area contributed by atoms with Gasteiger partial charge in [-0.05, 0) is 48.5 Å². The van der Waals surface area contributed by atoms with Crippen molar-refractivity contribution >= 4 is 46.1 Å². The Bertz CT molecular complexity index is 1180. The molecule has 8 nitrogen and oxygen atoms in total. The van der Waals surface area contributed by atoms with E-state index in [2.05, 4.69) is 20.9 Å². The number of nitrogens with one attached hydrogen (secondary N) is 2. The molecule has 0 saturated carbocycles. The van der Waals surface area contributed by atoms with Gasteiger partial charge in [0.15, 0.2) is 0 Å². The minimum atomic E-state index is -4.65. The van der Waals surface area contributed by atoms with E-state index in [1.807, 2.05) is 0 Å². The maximum Gasteiger partial charge on any atom is 0.417 e. The normalized spacial score (nSPS) is 11.4. The summed E-state index contributed by atoms with van der Waals surface area (Å²) < 4.78 is 38.8. The molecule has 0 bridgehead atoms. The van der Waals surface area contributed by atoms with Crippen LogP contribution in [0.15, 0.2) is 77.0 Å². The van der Waals surface area contributed by atoms with Crippen LogP contribution < -0.4 is 10.6 Å². The number of benzene rings is 3. The Hall–Kier alpha value is -3.99. The van der Waals surface area contributed by atoms with E-state index in [0.717, 1.165) is 12.1 Å². The number of urea groups is 1. The fourth-order valence-electron chi connectivity index (χ4n) is 2.51. The summed E-state index contributed by atoms with van der Waals surface area (Å²) in [6, 6.07) is 14.0. The highest BCUT2D eigenvalue weighted by Gasteiger charge is 2.33. The Morgan fingerprint density at radius 1 is 0.906 bits per heavy atom. The Balaban J connectivity index is 1.63. The Morgan fingerprint density at radius 2 is 1.53 bits per heavy atom. The van der Waals surface area contributed by atoms with Crippen molar-refractivity contribution in [1.29, 1.82) is 0 Å². The number of amides is 2. The number of azo groups is 1. The minimum Gasteiger partial charge on any atom is -0.308 e. The number of anilines is 2. The van der Waals surface area contributed by atoms with Crippen molar-refractivity contribution in [2.75, 3.05) is 10.6 Å². The number of alkyl halides is 3. The number of hydrogen-bond donors (Lipinski definition) is 2. The van der Waals surface area contributed by atoms with Crippen molar-refractivity contribution in [2.24, 2.45) is 10.2 Å². The number of rotatable bonds is 5. The van der Waals surface area contributed by atoms with Crippen LogP contribution in [0.5, 0.6) is 0 Å². The van der Waals surface area contributed by atoms with Crippen molar-refractivity contribution < 1.29 is 22.9 Å². The zero-order valence-corrected chi connectivity index (χ0v) is 16.7. The van der Waals surface area contributed by atoms with Crippen molar-refractivity contribution in [3.63, 3.8) is 0 Å². The number of nitro groups is 1. The third-order valence-corrected chi connectivity index (χ3v) is 4.31. The second-order valence-electron chi connectivity index (χ2n) is 6.30. The van der Waals surface area contributed by atoms with Crippen LogP contribution in [0.25, 0.3) is 0 Å². The van der Waals surface area contributed by atoms with Crippen molar-refractivity contribution in [3.8, 4) is 0 Å². The number of nitro benzene ring substituents is 1. The maximum absolute atomic E-state index is 12.9. The van der Waals surface area contributed by atoms with E-state index in [-0.39, 0.29) is 11.4 Å². The number of non-ortho nitro benzene ring substituents is 1. The van der Waals surface area contributed by atoms with Crippen LogP contribution in [-0.4, -0.2) is 11.0 Å². The lowest BCUT2D eigenvalue weighted by Gasteiger charge is -2.12. The minimum absolute atomic E-state index is 0.0819. The summed E-state index contributed by atoms with van der Waals surface area (Å²) in [4.78, 5) is 22.3.